The van der Waals surface area contributed by atoms with Crippen LogP contribution in [0.25, 0.3) is 0 Å². The molecule has 0 spiro atoms. The molecule has 250 valence electrons. The summed E-state index contributed by atoms with van der Waals surface area (Å²) in [6.07, 6.45) is 13.4. The average Bonchev–Trinajstić information content (AvgIpc) is 3.07. The molecule has 1 fully saturated rings. The number of carbonyl (C=O) groups is 3. The Bertz CT molecular complexity index is 1200. The lowest BCUT2D eigenvalue weighted by Crippen LogP contribution is -2.45. The SMILES string of the molecule is C=CCCCC(Cc1ccccc1)C(=O)OCC(CC1CCCCC1)NC(=O)C(CC=C)CC(=O)N(CCO)Cc1ccccc1. The smallest absolute Gasteiger partial charge is 0.309 e. The Labute approximate surface area is 276 Å². The molecule has 3 rings (SSSR count). The Hall–Kier alpha value is -3.71. The van der Waals surface area contributed by atoms with Gasteiger partial charge >= 0.3 is 5.97 Å². The van der Waals surface area contributed by atoms with E-state index in [1.54, 1.807) is 11.0 Å². The van der Waals surface area contributed by atoms with E-state index in [4.69, 9.17) is 4.74 Å². The lowest BCUT2D eigenvalue weighted by atomic mass is 9.84. The number of ether oxygens (including phenoxy) is 1. The van der Waals surface area contributed by atoms with Crippen LogP contribution in [-0.4, -0.2) is 53.6 Å². The van der Waals surface area contributed by atoms with E-state index < -0.39 is 5.92 Å². The van der Waals surface area contributed by atoms with Gasteiger partial charge in [-0.2, -0.15) is 0 Å². The molecule has 2 aromatic carbocycles. The summed E-state index contributed by atoms with van der Waals surface area (Å²) in [6, 6.07) is 19.3. The van der Waals surface area contributed by atoms with E-state index in [9.17, 15) is 19.5 Å². The predicted molar refractivity (Wildman–Crippen MR) is 184 cm³/mol. The van der Waals surface area contributed by atoms with Crippen LogP contribution in [0, 0.1) is 17.8 Å². The molecule has 1 saturated carbocycles. The number of amides is 2. The first kappa shape index (κ1) is 36.8. The van der Waals surface area contributed by atoms with Gasteiger partial charge in [0.25, 0.3) is 0 Å². The van der Waals surface area contributed by atoms with Crippen LogP contribution in [0.1, 0.15) is 81.8 Å². The molecule has 0 heterocycles. The number of benzene rings is 2. The number of aliphatic hydroxyl groups excluding tert-OH is 1. The fourth-order valence-corrected chi connectivity index (χ4v) is 6.36. The lowest BCUT2D eigenvalue weighted by Gasteiger charge is -2.29. The van der Waals surface area contributed by atoms with Crippen LogP contribution < -0.4 is 5.32 Å². The molecule has 7 nitrogen and oxygen atoms in total. The minimum atomic E-state index is -0.615. The fraction of sp³-hybridized carbons (Fsp3) is 0.513. The van der Waals surface area contributed by atoms with E-state index in [2.05, 4.69) is 18.5 Å². The van der Waals surface area contributed by atoms with Crippen LogP contribution in [0.3, 0.4) is 0 Å². The van der Waals surface area contributed by atoms with Crippen molar-refractivity contribution in [3.05, 3.63) is 97.1 Å². The topological polar surface area (TPSA) is 95.9 Å². The minimum absolute atomic E-state index is 0.00305. The van der Waals surface area contributed by atoms with Crippen LogP contribution >= 0.6 is 0 Å². The summed E-state index contributed by atoms with van der Waals surface area (Å²) in [5.74, 6) is -1.11. The Morgan fingerprint density at radius 3 is 2.24 bits per heavy atom. The molecule has 1 aliphatic rings. The Morgan fingerprint density at radius 1 is 0.935 bits per heavy atom. The van der Waals surface area contributed by atoms with E-state index in [-0.39, 0.29) is 55.9 Å². The number of nitrogens with zero attached hydrogens (tertiary/aromatic N) is 1. The quantitative estimate of drug-likeness (QED) is 0.0899. The number of hydrogen-bond donors (Lipinski definition) is 2. The second-order valence-corrected chi connectivity index (χ2v) is 12.6. The molecule has 2 aromatic rings. The normalized spacial score (nSPS) is 15.2. The summed E-state index contributed by atoms with van der Waals surface area (Å²) >= 11 is 0. The van der Waals surface area contributed by atoms with Gasteiger partial charge < -0.3 is 20.1 Å². The molecule has 0 aliphatic heterocycles. The maximum Gasteiger partial charge on any atom is 0.309 e. The van der Waals surface area contributed by atoms with Gasteiger partial charge in [0.15, 0.2) is 0 Å². The van der Waals surface area contributed by atoms with Gasteiger partial charge in [0.2, 0.25) is 11.8 Å². The average molecular weight is 631 g/mol. The van der Waals surface area contributed by atoms with E-state index in [0.717, 1.165) is 43.2 Å². The van der Waals surface area contributed by atoms with Crippen molar-refractivity contribution in [1.29, 1.82) is 0 Å². The van der Waals surface area contributed by atoms with Crippen LogP contribution in [0.15, 0.2) is 86.0 Å². The van der Waals surface area contributed by atoms with Crippen molar-refractivity contribution < 1.29 is 24.2 Å². The molecular formula is C39H54N2O5. The second-order valence-electron chi connectivity index (χ2n) is 12.6. The van der Waals surface area contributed by atoms with Gasteiger partial charge in [0.1, 0.15) is 6.61 Å². The number of hydrogen-bond acceptors (Lipinski definition) is 5. The largest absolute Gasteiger partial charge is 0.463 e. The zero-order valence-electron chi connectivity index (χ0n) is 27.5. The third-order valence-electron chi connectivity index (χ3n) is 8.92. The Kier molecular flexibility index (Phi) is 16.9. The Balaban J connectivity index is 1.68. The number of carbonyl (C=O) groups excluding carboxylic acids is 3. The van der Waals surface area contributed by atoms with Crippen LogP contribution in [0.4, 0.5) is 0 Å². The number of aliphatic hydroxyl groups is 1. The predicted octanol–water partition coefficient (Wildman–Crippen LogP) is 6.80. The van der Waals surface area contributed by atoms with Gasteiger partial charge in [0, 0.05) is 19.5 Å². The second kappa shape index (κ2) is 21.2. The molecule has 1 aliphatic carbocycles. The summed E-state index contributed by atoms with van der Waals surface area (Å²) in [5, 5.41) is 12.8. The molecule has 3 atom stereocenters. The van der Waals surface area contributed by atoms with Crippen molar-refractivity contribution in [1.82, 2.24) is 10.2 Å². The molecule has 3 unspecified atom stereocenters. The molecule has 46 heavy (non-hydrogen) atoms. The van der Waals surface area contributed by atoms with Crippen LogP contribution in [0.5, 0.6) is 0 Å². The third-order valence-corrected chi connectivity index (χ3v) is 8.92. The third kappa shape index (κ3) is 13.3. The molecule has 0 aromatic heterocycles. The van der Waals surface area contributed by atoms with Crippen molar-refractivity contribution in [2.75, 3.05) is 19.8 Å². The molecule has 0 radical (unpaired) electrons. The van der Waals surface area contributed by atoms with Crippen molar-refractivity contribution >= 4 is 17.8 Å². The monoisotopic (exact) mass is 630 g/mol. The lowest BCUT2D eigenvalue weighted by molar-refractivity contribution is -0.150. The maximum absolute atomic E-state index is 13.7. The van der Waals surface area contributed by atoms with E-state index in [1.807, 2.05) is 66.7 Å². The molecular weight excluding hydrogens is 576 g/mol. The van der Waals surface area contributed by atoms with Gasteiger partial charge in [0.05, 0.1) is 24.5 Å². The highest BCUT2D eigenvalue weighted by molar-refractivity contribution is 5.86. The molecule has 2 N–H and O–H groups in total. The van der Waals surface area contributed by atoms with Gasteiger partial charge in [-0.25, -0.2) is 0 Å². The van der Waals surface area contributed by atoms with Crippen LogP contribution in [-0.2, 0) is 32.1 Å². The molecule has 7 heteroatoms. The maximum atomic E-state index is 13.7. The summed E-state index contributed by atoms with van der Waals surface area (Å²) < 4.78 is 5.97. The first-order valence-corrected chi connectivity index (χ1v) is 17.1. The van der Waals surface area contributed by atoms with E-state index in [0.29, 0.717) is 31.7 Å². The van der Waals surface area contributed by atoms with Gasteiger partial charge in [-0.3, -0.25) is 14.4 Å². The van der Waals surface area contributed by atoms with Gasteiger partial charge in [-0.1, -0.05) is 105 Å². The number of allylic oxidation sites excluding steroid dienone is 2. The number of nitrogens with one attached hydrogen (secondary N) is 1. The van der Waals surface area contributed by atoms with Crippen molar-refractivity contribution in [3.8, 4) is 0 Å². The highest BCUT2D eigenvalue weighted by atomic mass is 16.5. The molecule has 2 amide bonds. The van der Waals surface area contributed by atoms with Crippen molar-refractivity contribution in [2.24, 2.45) is 17.8 Å². The number of unbranched alkanes of at least 4 members (excludes halogenated alkanes) is 1. The standard InChI is InChI=1S/C39H54N2O5/c1-3-5-9-23-35(26-31-17-10-6-11-18-31)39(45)46-30-36(27-32-19-12-7-13-20-32)40-38(44)34(16-4-2)28-37(43)41(24-25-42)29-33-21-14-8-15-22-33/h3-4,6,8,10-11,14-15,17-18,21-22,32,34-36,42H,1-2,5,7,9,12-13,16,19-20,23-30H2,(H,40,44). The first-order chi connectivity index (χ1) is 22.4. The van der Waals surface area contributed by atoms with Gasteiger partial charge in [-0.15, -0.1) is 13.2 Å². The Morgan fingerprint density at radius 2 is 1.61 bits per heavy atom. The summed E-state index contributed by atoms with van der Waals surface area (Å²) in [5.41, 5.74) is 2.05. The zero-order chi connectivity index (χ0) is 33.0. The zero-order valence-corrected chi connectivity index (χ0v) is 27.5. The highest BCUT2D eigenvalue weighted by Gasteiger charge is 2.29. The highest BCUT2D eigenvalue weighted by Crippen LogP contribution is 2.28. The molecule has 0 bridgehead atoms. The first-order valence-electron chi connectivity index (χ1n) is 17.1. The number of esters is 1. The van der Waals surface area contributed by atoms with Gasteiger partial charge in [-0.05, 0) is 55.6 Å². The number of rotatable bonds is 21. The summed E-state index contributed by atoms with van der Waals surface area (Å²) in [7, 11) is 0. The minimum Gasteiger partial charge on any atom is -0.463 e. The molecule has 0 saturated heterocycles. The van der Waals surface area contributed by atoms with E-state index >= 15 is 0 Å². The van der Waals surface area contributed by atoms with Crippen molar-refractivity contribution in [3.63, 3.8) is 0 Å². The fourth-order valence-electron chi connectivity index (χ4n) is 6.36. The summed E-state index contributed by atoms with van der Waals surface area (Å²) in [4.78, 5) is 42.2. The summed E-state index contributed by atoms with van der Waals surface area (Å²) in [6.45, 7) is 8.14. The van der Waals surface area contributed by atoms with Crippen LogP contribution in [0.2, 0.25) is 0 Å². The van der Waals surface area contributed by atoms with E-state index in [1.165, 1.54) is 19.3 Å². The van der Waals surface area contributed by atoms with Crippen molar-refractivity contribution in [2.45, 2.75) is 89.6 Å².